The molecule has 0 spiro atoms. The van der Waals surface area contributed by atoms with Gasteiger partial charge in [-0.25, -0.2) is 19.2 Å². The van der Waals surface area contributed by atoms with Crippen LogP contribution in [0.1, 0.15) is 25.3 Å². The number of esters is 1. The minimum atomic E-state index is -1.05. The molecule has 1 saturated heterocycles. The van der Waals surface area contributed by atoms with Crippen molar-refractivity contribution in [3.05, 3.63) is 77.3 Å². The molecule has 0 radical (unpaired) electrons. The normalized spacial score (nSPS) is 15.5. The zero-order chi connectivity index (χ0) is 34.9. The van der Waals surface area contributed by atoms with Crippen molar-refractivity contribution in [1.29, 1.82) is 0 Å². The molecular weight excluding hydrogens is 679 g/mol. The Morgan fingerprint density at radius 1 is 0.980 bits per heavy atom. The summed E-state index contributed by atoms with van der Waals surface area (Å²) in [4.78, 5) is 28.0. The van der Waals surface area contributed by atoms with E-state index in [9.17, 15) is 9.18 Å². The lowest BCUT2D eigenvalue weighted by Crippen LogP contribution is -2.45. The third-order valence-electron chi connectivity index (χ3n) is 9.43. The second kappa shape index (κ2) is 14.5. The Morgan fingerprint density at radius 3 is 2.54 bits per heavy atom. The second-order valence-corrected chi connectivity index (χ2v) is 13.8. The molecule has 0 saturated carbocycles. The maximum absolute atomic E-state index is 14.9. The molecule has 1 fully saturated rings. The third-order valence-corrected chi connectivity index (χ3v) is 10.9. The number of benzene rings is 4. The summed E-state index contributed by atoms with van der Waals surface area (Å²) in [6, 6.07) is 16.0. The first-order valence-corrected chi connectivity index (χ1v) is 17.9. The lowest BCUT2D eigenvalue weighted by Gasteiger charge is -2.32. The second-order valence-electron chi connectivity index (χ2n) is 12.5. The van der Waals surface area contributed by atoms with Crippen molar-refractivity contribution >= 4 is 70.8 Å². The van der Waals surface area contributed by atoms with Crippen LogP contribution < -0.4 is 14.2 Å². The molecule has 3 heterocycles. The minimum Gasteiger partial charge on any atom is -0.496 e. The average molecular weight is 717 g/mol. The predicted octanol–water partition coefficient (Wildman–Crippen LogP) is 7.69. The van der Waals surface area contributed by atoms with Gasteiger partial charge in [0.05, 0.1) is 24.1 Å². The Balaban J connectivity index is 1.36. The number of hydrogen-bond acceptors (Lipinski definition) is 10. The molecular formula is C38H38ClFN4O5S. The molecule has 4 aromatic carbocycles. The van der Waals surface area contributed by atoms with Crippen LogP contribution in [0, 0.1) is 5.82 Å². The molecule has 1 aliphatic heterocycles. The van der Waals surface area contributed by atoms with Gasteiger partial charge in [-0.2, -0.15) is 0 Å². The van der Waals surface area contributed by atoms with Crippen LogP contribution in [0.5, 0.6) is 17.4 Å². The highest BCUT2D eigenvalue weighted by molar-refractivity contribution is 7.26. The molecule has 7 rings (SSSR count). The average Bonchev–Trinajstić information content (AvgIpc) is 3.52. The van der Waals surface area contributed by atoms with Crippen LogP contribution in [0.15, 0.2) is 60.9 Å². The maximum atomic E-state index is 14.9. The van der Waals surface area contributed by atoms with Gasteiger partial charge in [-0.1, -0.05) is 42.8 Å². The topological polar surface area (TPSA) is 86.2 Å². The summed E-state index contributed by atoms with van der Waals surface area (Å²) < 4.78 is 39.7. The Morgan fingerprint density at radius 2 is 1.76 bits per heavy atom. The van der Waals surface area contributed by atoms with Crippen molar-refractivity contribution in [2.75, 3.05) is 60.1 Å². The fraction of sp³-hybridized carbons (Fsp3) is 0.342. The molecule has 50 heavy (non-hydrogen) atoms. The van der Waals surface area contributed by atoms with Crippen LogP contribution in [-0.4, -0.2) is 91.9 Å². The van der Waals surface area contributed by atoms with Crippen LogP contribution in [0.25, 0.3) is 41.8 Å². The van der Waals surface area contributed by atoms with Crippen molar-refractivity contribution in [3.8, 4) is 17.4 Å². The number of fused-ring (bicyclic) bond motifs is 8. The highest BCUT2D eigenvalue weighted by Crippen LogP contribution is 2.49. The highest BCUT2D eigenvalue weighted by atomic mass is 35.5. The van der Waals surface area contributed by atoms with E-state index in [0.717, 1.165) is 59.1 Å². The summed E-state index contributed by atoms with van der Waals surface area (Å²) in [6.07, 6.45) is 0.371. The number of hydrogen-bond donors (Lipinski definition) is 0. The number of halogens is 2. The fourth-order valence-electron chi connectivity index (χ4n) is 6.76. The van der Waals surface area contributed by atoms with Crippen LogP contribution in [0.2, 0.25) is 5.02 Å². The van der Waals surface area contributed by atoms with Crippen molar-refractivity contribution in [1.82, 2.24) is 19.8 Å². The number of likely N-dealkylation sites (N-methyl/N-ethyl adjacent to an activating group) is 1. The smallest absolute Gasteiger partial charge is 0.348 e. The Labute approximate surface area is 298 Å². The largest absolute Gasteiger partial charge is 0.496 e. The van der Waals surface area contributed by atoms with Gasteiger partial charge in [0.25, 0.3) is 0 Å². The summed E-state index contributed by atoms with van der Waals surface area (Å²) in [7, 11) is 3.72. The number of thiophene rings is 1. The van der Waals surface area contributed by atoms with Crippen LogP contribution in [0.4, 0.5) is 4.39 Å². The number of carbonyl (C=O) groups excluding carboxylic acids is 1. The number of methoxy groups -OCH3 is 1. The van der Waals surface area contributed by atoms with Gasteiger partial charge in [0, 0.05) is 65.1 Å². The number of piperazine rings is 1. The lowest BCUT2D eigenvalue weighted by molar-refractivity contribution is -0.152. The highest BCUT2D eigenvalue weighted by Gasteiger charge is 2.33. The van der Waals surface area contributed by atoms with Gasteiger partial charge >= 0.3 is 5.97 Å². The molecule has 6 aromatic rings. The molecule has 2 unspecified atom stereocenters. The molecule has 2 aromatic heterocycles. The van der Waals surface area contributed by atoms with E-state index in [-0.39, 0.29) is 18.3 Å². The molecule has 9 nitrogen and oxygen atoms in total. The van der Waals surface area contributed by atoms with Gasteiger partial charge in [0.2, 0.25) is 12.0 Å². The van der Waals surface area contributed by atoms with Gasteiger partial charge in [-0.15, -0.1) is 11.3 Å². The molecule has 0 aliphatic carbocycles. The molecule has 0 bridgehead atoms. The van der Waals surface area contributed by atoms with Crippen LogP contribution in [-0.2, 0) is 9.53 Å². The zero-order valence-electron chi connectivity index (χ0n) is 28.4. The first-order valence-electron chi connectivity index (χ1n) is 16.7. The molecule has 0 amide bonds. The summed E-state index contributed by atoms with van der Waals surface area (Å²) in [6.45, 7) is 9.10. The number of nitrogens with zero attached hydrogens (tertiary/aromatic N) is 4. The Bertz CT molecular complexity index is 2210. The summed E-state index contributed by atoms with van der Waals surface area (Å²) in [5, 5.41) is 4.72. The zero-order valence-corrected chi connectivity index (χ0v) is 29.9. The van der Waals surface area contributed by atoms with E-state index in [0.29, 0.717) is 44.1 Å². The van der Waals surface area contributed by atoms with E-state index >= 15 is 0 Å². The van der Waals surface area contributed by atoms with E-state index in [1.165, 1.54) is 29.8 Å². The predicted molar refractivity (Wildman–Crippen MR) is 197 cm³/mol. The fourth-order valence-corrected chi connectivity index (χ4v) is 8.27. The van der Waals surface area contributed by atoms with Gasteiger partial charge in [-0.05, 0) is 55.1 Å². The molecule has 0 N–H and O–H groups in total. The first kappa shape index (κ1) is 34.2. The quantitative estimate of drug-likeness (QED) is 0.0990. The van der Waals surface area contributed by atoms with E-state index in [1.807, 2.05) is 43.3 Å². The lowest BCUT2D eigenvalue weighted by atomic mass is 9.94. The Hall–Kier alpha value is -4.29. The number of rotatable bonds is 11. The monoisotopic (exact) mass is 716 g/mol. The number of aromatic nitrogens is 2. The maximum Gasteiger partial charge on any atom is 0.348 e. The summed E-state index contributed by atoms with van der Waals surface area (Å²) in [5.41, 5.74) is 0.791. The van der Waals surface area contributed by atoms with Crippen molar-refractivity contribution in [2.45, 2.75) is 25.9 Å². The number of para-hydroxylation sites is 1. The van der Waals surface area contributed by atoms with Crippen molar-refractivity contribution in [2.24, 2.45) is 0 Å². The summed E-state index contributed by atoms with van der Waals surface area (Å²) in [5.74, 6) is 0.0340. The van der Waals surface area contributed by atoms with Gasteiger partial charge < -0.3 is 23.8 Å². The molecule has 260 valence electrons. The summed E-state index contributed by atoms with van der Waals surface area (Å²) >= 11 is 8.62. The third kappa shape index (κ3) is 6.39. The van der Waals surface area contributed by atoms with Gasteiger partial charge in [-0.3, -0.25) is 4.90 Å². The molecule has 1 aliphatic rings. The van der Waals surface area contributed by atoms with E-state index in [4.69, 9.17) is 30.5 Å². The van der Waals surface area contributed by atoms with Gasteiger partial charge in [0.15, 0.2) is 0 Å². The van der Waals surface area contributed by atoms with Crippen LogP contribution in [0.3, 0.4) is 0 Å². The van der Waals surface area contributed by atoms with E-state index in [1.54, 1.807) is 20.1 Å². The van der Waals surface area contributed by atoms with Crippen LogP contribution >= 0.6 is 22.9 Å². The minimum absolute atomic E-state index is 0.184. The van der Waals surface area contributed by atoms with Crippen molar-refractivity contribution in [3.63, 3.8) is 0 Å². The molecule has 2 atom stereocenters. The Kier molecular flexibility index (Phi) is 9.92. The number of carbonyl (C=O) groups is 1. The molecule has 12 heteroatoms. The van der Waals surface area contributed by atoms with E-state index < -0.39 is 18.0 Å². The van der Waals surface area contributed by atoms with Crippen molar-refractivity contribution < 1.29 is 28.1 Å². The number of ether oxygens (including phenoxy) is 4. The van der Waals surface area contributed by atoms with E-state index in [2.05, 4.69) is 26.8 Å². The standard InChI is InChI=1S/C38H38ClFN4O5S/c1-5-47-38(45)34(22(2)24-8-6-7-9-28(24)46-4)49-36-32-31-26-12-13-29(48-19-18-44-16-14-43(3)15-17-44)33(39)30(26)27-20-23(40)10-11-25(27)35(31)50-37(32)42-21-41-36/h6-13,20-22,34H,5,14-19H2,1-4H3. The van der Waals surface area contributed by atoms with Gasteiger partial charge in [0.1, 0.15) is 35.1 Å². The first-order chi connectivity index (χ1) is 24.3. The SMILES string of the molecule is CCOC(=O)C(Oc1ncnc2sc3c4ccc(F)cc4c4c(Cl)c(OCCN5CCN(C)CC5)ccc4c3c12)C(C)c1ccccc1OC.